The maximum Gasteiger partial charge on any atom is 0.389 e. The summed E-state index contributed by atoms with van der Waals surface area (Å²) < 4.78 is 1.52. The first-order chi connectivity index (χ1) is 7.18. The smallest absolute Gasteiger partial charge is 0.389 e. The first kappa shape index (κ1) is 10.1. The highest BCUT2D eigenvalue weighted by Crippen LogP contribution is 2.28. The highest BCUT2D eigenvalue weighted by Gasteiger charge is 2.28. The van der Waals surface area contributed by atoms with Crippen molar-refractivity contribution in [1.29, 1.82) is 0 Å². The van der Waals surface area contributed by atoms with Crippen LogP contribution in [0, 0.1) is 10.1 Å². The Morgan fingerprint density at radius 1 is 1.53 bits per heavy atom. The monoisotopic (exact) mass is 211 g/mol. The van der Waals surface area contributed by atoms with Crippen LogP contribution in [-0.2, 0) is 0 Å². The molecule has 0 saturated heterocycles. The van der Waals surface area contributed by atoms with Crippen molar-refractivity contribution in [1.82, 2.24) is 9.78 Å². The molecule has 1 heterocycles. The summed E-state index contributed by atoms with van der Waals surface area (Å²) in [7, 11) is 0. The molecule has 0 radical (unpaired) electrons. The van der Waals surface area contributed by atoms with Crippen LogP contribution in [-0.4, -0.2) is 25.9 Å². The second-order valence-corrected chi connectivity index (χ2v) is 3.83. The van der Waals surface area contributed by atoms with E-state index in [1.807, 2.05) is 0 Å². The molecule has 2 atom stereocenters. The summed E-state index contributed by atoms with van der Waals surface area (Å²) in [5.74, 6) is -0.159. The maximum atomic E-state index is 10.4. The molecule has 82 valence electrons. The van der Waals surface area contributed by atoms with E-state index in [9.17, 15) is 15.2 Å². The molecular weight excluding hydrogens is 198 g/mol. The largest absolute Gasteiger partial charge is 0.391 e. The van der Waals surface area contributed by atoms with Crippen LogP contribution in [0.1, 0.15) is 31.7 Å². The molecule has 0 aliphatic heterocycles. The predicted octanol–water partition coefficient (Wildman–Crippen LogP) is 1.27. The number of hydrogen-bond acceptors (Lipinski definition) is 4. The highest BCUT2D eigenvalue weighted by molar-refractivity contribution is 5.14. The van der Waals surface area contributed by atoms with Crippen molar-refractivity contribution in [3.05, 3.63) is 22.4 Å². The predicted molar refractivity (Wildman–Crippen MR) is 52.4 cm³/mol. The number of aliphatic hydroxyl groups excluding tert-OH is 1. The molecule has 6 heteroatoms. The number of nitrogens with zero attached hydrogens (tertiary/aromatic N) is 3. The molecule has 0 unspecified atom stereocenters. The Kier molecular flexibility index (Phi) is 2.68. The second-order valence-electron chi connectivity index (χ2n) is 3.83. The van der Waals surface area contributed by atoms with E-state index in [0.29, 0.717) is 0 Å². The van der Waals surface area contributed by atoms with E-state index in [1.165, 1.54) is 10.7 Å². The maximum absolute atomic E-state index is 10.4. The Morgan fingerprint density at radius 2 is 2.27 bits per heavy atom. The van der Waals surface area contributed by atoms with Crippen molar-refractivity contribution in [3.8, 4) is 0 Å². The molecule has 1 N–H and O–H groups in total. The Balaban J connectivity index is 2.17. The third kappa shape index (κ3) is 1.99. The Bertz CT molecular complexity index is 363. The van der Waals surface area contributed by atoms with Crippen molar-refractivity contribution in [2.24, 2.45) is 0 Å². The van der Waals surface area contributed by atoms with Crippen LogP contribution in [0.25, 0.3) is 0 Å². The zero-order valence-electron chi connectivity index (χ0n) is 8.24. The third-order valence-electron chi connectivity index (χ3n) is 2.82. The van der Waals surface area contributed by atoms with E-state index >= 15 is 0 Å². The fourth-order valence-corrected chi connectivity index (χ4v) is 2.01. The van der Waals surface area contributed by atoms with Gasteiger partial charge in [0.1, 0.15) is 0 Å². The van der Waals surface area contributed by atoms with Crippen LogP contribution in [0.4, 0.5) is 5.82 Å². The quantitative estimate of drug-likeness (QED) is 0.590. The summed E-state index contributed by atoms with van der Waals surface area (Å²) >= 11 is 0. The Labute approximate surface area is 86.7 Å². The van der Waals surface area contributed by atoms with Gasteiger partial charge in [-0.3, -0.25) is 0 Å². The molecule has 6 nitrogen and oxygen atoms in total. The topological polar surface area (TPSA) is 81.2 Å². The van der Waals surface area contributed by atoms with Crippen LogP contribution >= 0.6 is 0 Å². The summed E-state index contributed by atoms with van der Waals surface area (Å²) in [6.07, 6.45) is 4.77. The number of hydrogen-bond donors (Lipinski definition) is 1. The third-order valence-corrected chi connectivity index (χ3v) is 2.82. The van der Waals surface area contributed by atoms with Gasteiger partial charge in [0.25, 0.3) is 0 Å². The molecule has 15 heavy (non-hydrogen) atoms. The summed E-state index contributed by atoms with van der Waals surface area (Å²) in [5.41, 5.74) is 0. The minimum absolute atomic E-state index is 0.104. The lowest BCUT2D eigenvalue weighted by Gasteiger charge is -2.25. The minimum Gasteiger partial charge on any atom is -0.391 e. The Morgan fingerprint density at radius 3 is 2.87 bits per heavy atom. The van der Waals surface area contributed by atoms with E-state index in [0.717, 1.165) is 25.7 Å². The zero-order valence-corrected chi connectivity index (χ0v) is 8.24. The fourth-order valence-electron chi connectivity index (χ4n) is 2.01. The van der Waals surface area contributed by atoms with Gasteiger partial charge < -0.3 is 15.2 Å². The first-order valence-corrected chi connectivity index (χ1v) is 5.06. The first-order valence-electron chi connectivity index (χ1n) is 5.06. The molecule has 1 aromatic rings. The van der Waals surface area contributed by atoms with Crippen molar-refractivity contribution in [2.45, 2.75) is 37.8 Å². The van der Waals surface area contributed by atoms with E-state index < -0.39 is 11.0 Å². The number of rotatable bonds is 2. The molecule has 0 bridgehead atoms. The van der Waals surface area contributed by atoms with Crippen LogP contribution in [0.5, 0.6) is 0 Å². The second kappa shape index (κ2) is 3.98. The van der Waals surface area contributed by atoms with Gasteiger partial charge in [-0.2, -0.15) is 4.68 Å². The van der Waals surface area contributed by atoms with E-state index in [1.54, 1.807) is 6.20 Å². The molecule has 0 aromatic carbocycles. The molecule has 2 rings (SSSR count). The normalized spacial score (nSPS) is 26.5. The summed E-state index contributed by atoms with van der Waals surface area (Å²) in [6, 6.07) is 1.26. The van der Waals surface area contributed by atoms with Gasteiger partial charge in [-0.1, -0.05) is 12.8 Å². The fraction of sp³-hybridized carbons (Fsp3) is 0.667. The molecule has 1 fully saturated rings. The van der Waals surface area contributed by atoms with Crippen LogP contribution in [0.3, 0.4) is 0 Å². The van der Waals surface area contributed by atoms with Crippen molar-refractivity contribution in [3.63, 3.8) is 0 Å². The van der Waals surface area contributed by atoms with Crippen LogP contribution < -0.4 is 0 Å². The summed E-state index contributed by atoms with van der Waals surface area (Å²) in [6.45, 7) is 0. The summed E-state index contributed by atoms with van der Waals surface area (Å²) in [5, 5.41) is 24.0. The van der Waals surface area contributed by atoms with E-state index in [-0.39, 0.29) is 11.9 Å². The molecule has 0 spiro atoms. The van der Waals surface area contributed by atoms with Gasteiger partial charge in [-0.25, -0.2) is 0 Å². The van der Waals surface area contributed by atoms with Gasteiger partial charge in [-0.15, -0.1) is 0 Å². The molecule has 1 aliphatic rings. The lowest BCUT2D eigenvalue weighted by molar-refractivity contribution is -0.389. The average Bonchev–Trinajstić information content (AvgIpc) is 2.67. The lowest BCUT2D eigenvalue weighted by Crippen LogP contribution is -2.27. The summed E-state index contributed by atoms with van der Waals surface area (Å²) in [4.78, 5) is 9.92. The van der Waals surface area contributed by atoms with Gasteiger partial charge in [0.05, 0.1) is 29.5 Å². The lowest BCUT2D eigenvalue weighted by atomic mass is 9.93. The van der Waals surface area contributed by atoms with Crippen molar-refractivity contribution < 1.29 is 10.0 Å². The van der Waals surface area contributed by atoms with Gasteiger partial charge in [0.15, 0.2) is 0 Å². The number of aliphatic hydroxyl groups is 1. The van der Waals surface area contributed by atoms with Crippen LogP contribution in [0.15, 0.2) is 12.3 Å². The standard InChI is InChI=1S/C9H13N3O3/c13-8-4-2-1-3-7(8)11-6-5-9(10-11)12(14)15/h5-8,13H,1-4H2/t7-,8+/m1/s1. The molecule has 1 aliphatic carbocycles. The van der Waals surface area contributed by atoms with Crippen molar-refractivity contribution >= 4 is 5.82 Å². The average molecular weight is 211 g/mol. The minimum atomic E-state index is -0.522. The van der Waals surface area contributed by atoms with Gasteiger partial charge in [0.2, 0.25) is 0 Å². The number of nitro groups is 1. The van der Waals surface area contributed by atoms with Crippen molar-refractivity contribution in [2.75, 3.05) is 0 Å². The highest BCUT2D eigenvalue weighted by atomic mass is 16.6. The van der Waals surface area contributed by atoms with Gasteiger partial charge >= 0.3 is 5.82 Å². The van der Waals surface area contributed by atoms with E-state index in [4.69, 9.17) is 0 Å². The van der Waals surface area contributed by atoms with Gasteiger partial charge in [0, 0.05) is 0 Å². The Hall–Kier alpha value is -1.43. The van der Waals surface area contributed by atoms with Gasteiger partial charge in [-0.05, 0) is 17.8 Å². The molecular formula is C9H13N3O3. The molecule has 1 saturated carbocycles. The van der Waals surface area contributed by atoms with Crippen LogP contribution in [0.2, 0.25) is 0 Å². The molecule has 0 amide bonds. The van der Waals surface area contributed by atoms with E-state index in [2.05, 4.69) is 5.10 Å². The number of aromatic nitrogens is 2. The zero-order chi connectivity index (χ0) is 10.8. The molecule has 1 aromatic heterocycles. The SMILES string of the molecule is O=[N+]([O-])c1ccn([C@@H]2CCCC[C@@H]2O)n1.